The normalized spacial score (nSPS) is 20.5. The lowest BCUT2D eigenvalue weighted by Crippen LogP contribution is -2.47. The maximum Gasteiger partial charge on any atom is 0.193 e. The highest BCUT2D eigenvalue weighted by atomic mass is 127. The number of anilines is 1. The molecule has 6 nitrogen and oxygen atoms in total. The van der Waals surface area contributed by atoms with Gasteiger partial charge >= 0.3 is 0 Å². The number of hydrogen-bond acceptors (Lipinski definition) is 4. The minimum atomic E-state index is 0. The lowest BCUT2D eigenvalue weighted by atomic mass is 10.2. The van der Waals surface area contributed by atoms with Crippen LogP contribution in [0.5, 0.6) is 5.75 Å². The molecule has 1 saturated carbocycles. The van der Waals surface area contributed by atoms with Gasteiger partial charge in [0.2, 0.25) is 0 Å². The average molecular weight is 432 g/mol. The summed E-state index contributed by atoms with van der Waals surface area (Å²) in [5, 5.41) is 3.13. The number of nitrogens with one attached hydrogen (secondary N) is 1. The van der Waals surface area contributed by atoms with E-state index in [0.29, 0.717) is 5.96 Å². The summed E-state index contributed by atoms with van der Waals surface area (Å²) in [5.74, 6) is 1.29. The number of nitrogens with two attached hydrogens (primary N) is 1. The van der Waals surface area contributed by atoms with Crippen LogP contribution in [0.15, 0.2) is 29.3 Å². The zero-order valence-corrected chi connectivity index (χ0v) is 15.8. The first-order valence-electron chi connectivity index (χ1n) is 7.76. The Morgan fingerprint density at radius 3 is 2.52 bits per heavy atom. The molecule has 128 valence electrons. The second kappa shape index (κ2) is 8.16. The molecule has 1 heterocycles. The second-order valence-electron chi connectivity index (χ2n) is 5.88. The van der Waals surface area contributed by atoms with Crippen LogP contribution in [0.2, 0.25) is 0 Å². The van der Waals surface area contributed by atoms with Gasteiger partial charge in [-0.2, -0.15) is 0 Å². The maximum atomic E-state index is 6.01. The third kappa shape index (κ3) is 4.71. The number of halogens is 1. The summed E-state index contributed by atoms with van der Waals surface area (Å²) < 4.78 is 10.6. The number of methoxy groups -OCH3 is 1. The number of rotatable bonds is 5. The fraction of sp³-hybridized carbons (Fsp3) is 0.562. The number of ether oxygens (including phenoxy) is 2. The minimum Gasteiger partial charge on any atom is -0.497 e. The molecule has 0 bridgehead atoms. The van der Waals surface area contributed by atoms with Crippen LogP contribution in [-0.4, -0.2) is 56.4 Å². The van der Waals surface area contributed by atoms with Gasteiger partial charge in [-0.15, -0.1) is 24.0 Å². The van der Waals surface area contributed by atoms with E-state index in [1.54, 1.807) is 7.11 Å². The molecule has 0 aromatic heterocycles. The molecule has 1 aromatic carbocycles. The number of hydrogen-bond donors (Lipinski definition) is 2. The van der Waals surface area contributed by atoms with Gasteiger partial charge in [0, 0.05) is 24.3 Å². The lowest BCUT2D eigenvalue weighted by Gasteiger charge is -2.34. The molecule has 0 atom stereocenters. The van der Waals surface area contributed by atoms with Crippen molar-refractivity contribution < 1.29 is 9.47 Å². The molecular weight excluding hydrogens is 407 g/mol. The van der Waals surface area contributed by atoms with Crippen molar-refractivity contribution in [2.45, 2.75) is 18.4 Å². The van der Waals surface area contributed by atoms with E-state index in [4.69, 9.17) is 15.2 Å². The van der Waals surface area contributed by atoms with Gasteiger partial charge in [0.1, 0.15) is 5.75 Å². The largest absolute Gasteiger partial charge is 0.497 e. The summed E-state index contributed by atoms with van der Waals surface area (Å²) in [6.45, 7) is 4.40. The van der Waals surface area contributed by atoms with Gasteiger partial charge in [-0.3, -0.25) is 9.89 Å². The molecule has 2 fully saturated rings. The standard InChI is InChI=1S/C16H24N4O2.HI/c1-21-14-4-2-13(3-5-14)19-15(17)18-12-16(6-7-16)20-8-10-22-11-9-20;/h2-5H,6-12H2,1H3,(H3,17,18,19);1H. The zero-order chi connectivity index (χ0) is 15.4. The van der Waals surface area contributed by atoms with E-state index in [1.165, 1.54) is 12.8 Å². The van der Waals surface area contributed by atoms with Crippen molar-refractivity contribution in [2.75, 3.05) is 45.3 Å². The van der Waals surface area contributed by atoms with E-state index in [9.17, 15) is 0 Å². The van der Waals surface area contributed by atoms with Crippen LogP contribution >= 0.6 is 24.0 Å². The molecule has 3 N–H and O–H groups in total. The molecule has 0 radical (unpaired) electrons. The topological polar surface area (TPSA) is 72.1 Å². The Hall–Kier alpha value is -1.06. The third-order valence-electron chi connectivity index (χ3n) is 4.42. The van der Waals surface area contributed by atoms with Crippen molar-refractivity contribution in [3.05, 3.63) is 24.3 Å². The van der Waals surface area contributed by atoms with Crippen LogP contribution < -0.4 is 15.8 Å². The van der Waals surface area contributed by atoms with Crippen LogP contribution in [0.4, 0.5) is 5.69 Å². The molecule has 1 saturated heterocycles. The van der Waals surface area contributed by atoms with Gasteiger partial charge in [0.15, 0.2) is 5.96 Å². The molecule has 0 amide bonds. The Kier molecular flexibility index (Phi) is 6.49. The Morgan fingerprint density at radius 1 is 1.30 bits per heavy atom. The van der Waals surface area contributed by atoms with Gasteiger partial charge < -0.3 is 20.5 Å². The Labute approximate surface area is 154 Å². The predicted molar refractivity (Wildman–Crippen MR) is 103 cm³/mol. The minimum absolute atomic E-state index is 0. The first-order chi connectivity index (χ1) is 10.7. The SMILES string of the molecule is COc1ccc(NC(N)=NCC2(N3CCOCC3)CC2)cc1.I. The molecule has 3 rings (SSSR count). The van der Waals surface area contributed by atoms with Crippen LogP contribution in [0.1, 0.15) is 12.8 Å². The van der Waals surface area contributed by atoms with Gasteiger partial charge in [0.25, 0.3) is 0 Å². The van der Waals surface area contributed by atoms with Crippen molar-refractivity contribution in [3.63, 3.8) is 0 Å². The van der Waals surface area contributed by atoms with E-state index >= 15 is 0 Å². The number of guanidine groups is 1. The smallest absolute Gasteiger partial charge is 0.193 e. The highest BCUT2D eigenvalue weighted by Gasteiger charge is 2.48. The lowest BCUT2D eigenvalue weighted by molar-refractivity contribution is 0.0117. The average Bonchev–Trinajstić information content (AvgIpc) is 3.36. The zero-order valence-electron chi connectivity index (χ0n) is 13.5. The first-order valence-corrected chi connectivity index (χ1v) is 7.76. The summed E-state index contributed by atoms with van der Waals surface area (Å²) in [6, 6.07) is 7.64. The van der Waals surface area contributed by atoms with E-state index < -0.39 is 0 Å². The molecule has 2 aliphatic rings. The van der Waals surface area contributed by atoms with Gasteiger partial charge in [0.05, 0.1) is 26.9 Å². The van der Waals surface area contributed by atoms with E-state index in [-0.39, 0.29) is 29.5 Å². The summed E-state index contributed by atoms with van der Waals surface area (Å²) in [5.41, 5.74) is 7.14. The summed E-state index contributed by atoms with van der Waals surface area (Å²) in [4.78, 5) is 7.04. The Bertz CT molecular complexity index is 525. The van der Waals surface area contributed by atoms with Crippen molar-refractivity contribution >= 4 is 35.6 Å². The molecule has 1 aromatic rings. The fourth-order valence-corrected chi connectivity index (χ4v) is 2.85. The van der Waals surface area contributed by atoms with Crippen molar-refractivity contribution in [3.8, 4) is 5.75 Å². The first kappa shape index (κ1) is 18.3. The quantitative estimate of drug-likeness (QED) is 0.423. The number of aliphatic imine (C=N–C) groups is 1. The number of benzene rings is 1. The van der Waals surface area contributed by atoms with Crippen LogP contribution in [0, 0.1) is 0 Å². The summed E-state index contributed by atoms with van der Waals surface area (Å²) in [6.07, 6.45) is 2.40. The Balaban J connectivity index is 0.00000192. The van der Waals surface area contributed by atoms with E-state index in [0.717, 1.165) is 44.3 Å². The molecule has 1 aliphatic heterocycles. The molecule has 0 unspecified atom stereocenters. The second-order valence-corrected chi connectivity index (χ2v) is 5.88. The fourth-order valence-electron chi connectivity index (χ4n) is 2.85. The van der Waals surface area contributed by atoms with Crippen molar-refractivity contribution in [2.24, 2.45) is 10.7 Å². The molecule has 23 heavy (non-hydrogen) atoms. The van der Waals surface area contributed by atoms with Gasteiger partial charge in [-0.05, 0) is 37.1 Å². The van der Waals surface area contributed by atoms with Crippen LogP contribution in [0.3, 0.4) is 0 Å². The summed E-state index contributed by atoms with van der Waals surface area (Å²) >= 11 is 0. The van der Waals surface area contributed by atoms with Gasteiger partial charge in [-0.25, -0.2) is 0 Å². The molecule has 1 aliphatic carbocycles. The Morgan fingerprint density at radius 2 is 1.96 bits per heavy atom. The predicted octanol–water partition coefficient (Wildman–Crippen LogP) is 1.90. The van der Waals surface area contributed by atoms with Crippen LogP contribution in [0.25, 0.3) is 0 Å². The summed E-state index contributed by atoms with van der Waals surface area (Å²) in [7, 11) is 1.65. The molecule has 0 spiro atoms. The third-order valence-corrected chi connectivity index (χ3v) is 4.42. The number of morpholine rings is 1. The highest BCUT2D eigenvalue weighted by molar-refractivity contribution is 14.0. The van der Waals surface area contributed by atoms with E-state index in [2.05, 4.69) is 15.2 Å². The number of nitrogens with zero attached hydrogens (tertiary/aromatic N) is 2. The van der Waals surface area contributed by atoms with E-state index in [1.807, 2.05) is 24.3 Å². The van der Waals surface area contributed by atoms with Crippen molar-refractivity contribution in [1.82, 2.24) is 4.90 Å². The molecular formula is C16H25IN4O2. The molecule has 7 heteroatoms. The van der Waals surface area contributed by atoms with Gasteiger partial charge in [-0.1, -0.05) is 0 Å². The van der Waals surface area contributed by atoms with Crippen molar-refractivity contribution in [1.29, 1.82) is 0 Å². The van der Waals surface area contributed by atoms with Crippen LogP contribution in [-0.2, 0) is 4.74 Å². The maximum absolute atomic E-state index is 6.01. The monoisotopic (exact) mass is 432 g/mol. The highest BCUT2D eigenvalue weighted by Crippen LogP contribution is 2.42.